The van der Waals surface area contributed by atoms with Crippen LogP contribution in [0.1, 0.15) is 28.3 Å². The molecule has 0 amide bonds. The molecule has 1 unspecified atom stereocenters. The first kappa shape index (κ1) is 12.7. The number of aliphatic carboxylic acids is 1. The van der Waals surface area contributed by atoms with Crippen LogP contribution in [0.2, 0.25) is 0 Å². The second-order valence-corrected chi connectivity index (χ2v) is 4.05. The maximum atomic E-state index is 11.1. The molecule has 5 heteroatoms. The molecule has 1 aromatic carbocycles. The van der Waals surface area contributed by atoms with E-state index in [1.807, 2.05) is 0 Å². The molecule has 0 aromatic heterocycles. The third-order valence-corrected chi connectivity index (χ3v) is 2.72. The lowest BCUT2D eigenvalue weighted by atomic mass is 9.92. The average Bonchev–Trinajstić information content (AvgIpc) is 2.25. The van der Waals surface area contributed by atoms with Crippen LogP contribution in [0, 0.1) is 0 Å². The minimum atomic E-state index is -1.10. The molecule has 1 rings (SSSR count). The van der Waals surface area contributed by atoms with Gasteiger partial charge in [-0.25, -0.2) is 4.79 Å². The third-order valence-electron chi connectivity index (χ3n) is 2.26. The summed E-state index contributed by atoms with van der Waals surface area (Å²) in [5.41, 5.74) is 0.401. The summed E-state index contributed by atoms with van der Waals surface area (Å²) in [5, 5.41) is 18.5. The maximum absolute atomic E-state index is 11.1. The van der Waals surface area contributed by atoms with Crippen LogP contribution >= 0.6 is 15.9 Å². The fourth-order valence-corrected chi connectivity index (χ4v) is 1.97. The van der Waals surface area contributed by atoms with Crippen molar-refractivity contribution in [3.05, 3.63) is 35.4 Å². The van der Waals surface area contributed by atoms with Crippen LogP contribution in [-0.2, 0) is 4.79 Å². The van der Waals surface area contributed by atoms with Gasteiger partial charge in [0, 0.05) is 5.33 Å². The zero-order chi connectivity index (χ0) is 12.1. The minimum Gasteiger partial charge on any atom is -0.481 e. The second-order valence-electron chi connectivity index (χ2n) is 3.26. The van der Waals surface area contributed by atoms with Crippen LogP contribution in [0.3, 0.4) is 0 Å². The normalized spacial score (nSPS) is 12.1. The van der Waals surface area contributed by atoms with Crippen molar-refractivity contribution < 1.29 is 19.8 Å². The molecular weight excluding hydrogens is 276 g/mol. The average molecular weight is 287 g/mol. The molecular formula is C11H11BrO4. The minimum absolute atomic E-state index is 0.0517. The molecule has 0 bridgehead atoms. The topological polar surface area (TPSA) is 74.6 Å². The van der Waals surface area contributed by atoms with E-state index in [2.05, 4.69) is 15.9 Å². The summed E-state index contributed by atoms with van der Waals surface area (Å²) in [5.74, 6) is -2.89. The summed E-state index contributed by atoms with van der Waals surface area (Å²) in [6.07, 6.45) is 0.361. The van der Waals surface area contributed by atoms with E-state index in [9.17, 15) is 9.59 Å². The van der Waals surface area contributed by atoms with Gasteiger partial charge in [0.05, 0.1) is 11.5 Å². The highest BCUT2D eigenvalue weighted by atomic mass is 79.9. The van der Waals surface area contributed by atoms with Crippen LogP contribution in [0.5, 0.6) is 0 Å². The van der Waals surface area contributed by atoms with Gasteiger partial charge in [-0.05, 0) is 18.1 Å². The quantitative estimate of drug-likeness (QED) is 0.815. The van der Waals surface area contributed by atoms with Gasteiger partial charge in [-0.2, -0.15) is 0 Å². The summed E-state index contributed by atoms with van der Waals surface area (Å²) in [7, 11) is 0. The van der Waals surface area contributed by atoms with E-state index in [0.717, 1.165) is 0 Å². The summed E-state index contributed by atoms with van der Waals surface area (Å²) < 4.78 is 0. The molecule has 0 aliphatic rings. The van der Waals surface area contributed by atoms with Gasteiger partial charge in [-0.3, -0.25) is 4.79 Å². The SMILES string of the molecule is O=C(O)c1ccccc1C(CCBr)C(=O)O. The van der Waals surface area contributed by atoms with Crippen molar-refractivity contribution in [2.75, 3.05) is 5.33 Å². The van der Waals surface area contributed by atoms with E-state index in [4.69, 9.17) is 10.2 Å². The van der Waals surface area contributed by atoms with E-state index in [0.29, 0.717) is 17.3 Å². The molecule has 86 valence electrons. The molecule has 0 saturated carbocycles. The van der Waals surface area contributed by atoms with Gasteiger partial charge < -0.3 is 10.2 Å². The van der Waals surface area contributed by atoms with E-state index in [1.54, 1.807) is 18.2 Å². The fraction of sp³-hybridized carbons (Fsp3) is 0.273. The first-order valence-corrected chi connectivity index (χ1v) is 5.81. The van der Waals surface area contributed by atoms with Crippen molar-refractivity contribution >= 4 is 27.9 Å². The third kappa shape index (κ3) is 2.82. The zero-order valence-corrected chi connectivity index (χ0v) is 9.98. The van der Waals surface area contributed by atoms with Crippen LogP contribution in [0.25, 0.3) is 0 Å². The lowest BCUT2D eigenvalue weighted by Gasteiger charge is -2.13. The molecule has 1 aromatic rings. The van der Waals surface area contributed by atoms with Gasteiger partial charge in [-0.15, -0.1) is 0 Å². The Hall–Kier alpha value is -1.36. The largest absolute Gasteiger partial charge is 0.481 e. The van der Waals surface area contributed by atoms with E-state index in [-0.39, 0.29) is 5.56 Å². The molecule has 0 aliphatic heterocycles. The number of aromatic carboxylic acids is 1. The van der Waals surface area contributed by atoms with Gasteiger partial charge in [0.15, 0.2) is 0 Å². The number of hydrogen-bond donors (Lipinski definition) is 2. The van der Waals surface area contributed by atoms with Crippen LogP contribution in [-0.4, -0.2) is 27.5 Å². The van der Waals surface area contributed by atoms with Crippen LogP contribution < -0.4 is 0 Å². The van der Waals surface area contributed by atoms with Crippen molar-refractivity contribution in [1.29, 1.82) is 0 Å². The number of rotatable bonds is 5. The van der Waals surface area contributed by atoms with Crippen LogP contribution in [0.4, 0.5) is 0 Å². The van der Waals surface area contributed by atoms with Crippen molar-refractivity contribution in [2.45, 2.75) is 12.3 Å². The van der Waals surface area contributed by atoms with Gasteiger partial charge in [0.1, 0.15) is 0 Å². The Morgan fingerprint density at radius 3 is 2.38 bits per heavy atom. The zero-order valence-electron chi connectivity index (χ0n) is 8.39. The van der Waals surface area contributed by atoms with Gasteiger partial charge >= 0.3 is 11.9 Å². The number of carboxylic acids is 2. The van der Waals surface area contributed by atoms with Gasteiger partial charge in [0.2, 0.25) is 0 Å². The molecule has 2 N–H and O–H groups in total. The number of hydrogen-bond acceptors (Lipinski definition) is 2. The van der Waals surface area contributed by atoms with E-state index in [1.165, 1.54) is 6.07 Å². The van der Waals surface area contributed by atoms with E-state index < -0.39 is 17.9 Å². The second kappa shape index (κ2) is 5.65. The number of halogens is 1. The smallest absolute Gasteiger partial charge is 0.335 e. The highest BCUT2D eigenvalue weighted by Gasteiger charge is 2.23. The number of benzene rings is 1. The monoisotopic (exact) mass is 286 g/mol. The Morgan fingerprint density at radius 1 is 1.25 bits per heavy atom. The molecule has 4 nitrogen and oxygen atoms in total. The van der Waals surface area contributed by atoms with Crippen molar-refractivity contribution in [2.24, 2.45) is 0 Å². The van der Waals surface area contributed by atoms with Crippen molar-refractivity contribution in [1.82, 2.24) is 0 Å². The molecule has 0 aliphatic carbocycles. The Balaban J connectivity index is 3.17. The Bertz CT molecular complexity index is 403. The van der Waals surface area contributed by atoms with Crippen molar-refractivity contribution in [3.63, 3.8) is 0 Å². The van der Waals surface area contributed by atoms with Crippen molar-refractivity contribution in [3.8, 4) is 0 Å². The summed E-state index contributed by atoms with van der Waals surface area (Å²) >= 11 is 3.17. The molecule has 0 saturated heterocycles. The lowest BCUT2D eigenvalue weighted by molar-refractivity contribution is -0.138. The number of carbonyl (C=O) groups is 2. The predicted molar refractivity (Wildman–Crippen MR) is 62.2 cm³/mol. The van der Waals surface area contributed by atoms with Gasteiger partial charge in [0.25, 0.3) is 0 Å². The maximum Gasteiger partial charge on any atom is 0.335 e. The molecule has 0 heterocycles. The molecule has 0 spiro atoms. The Labute approximate surface area is 101 Å². The van der Waals surface area contributed by atoms with Gasteiger partial charge in [-0.1, -0.05) is 34.1 Å². The molecule has 0 fully saturated rings. The first-order chi connectivity index (χ1) is 7.57. The number of alkyl halides is 1. The lowest BCUT2D eigenvalue weighted by Crippen LogP contribution is -2.16. The fourth-order valence-electron chi connectivity index (χ4n) is 1.52. The number of carboxylic acid groups (broad SMARTS) is 2. The highest BCUT2D eigenvalue weighted by Crippen LogP contribution is 2.24. The van der Waals surface area contributed by atoms with E-state index >= 15 is 0 Å². The highest BCUT2D eigenvalue weighted by molar-refractivity contribution is 9.09. The Morgan fingerprint density at radius 2 is 1.88 bits per heavy atom. The van der Waals surface area contributed by atoms with Crippen LogP contribution in [0.15, 0.2) is 24.3 Å². The predicted octanol–water partition coefficient (Wildman–Crippen LogP) is 2.34. The summed E-state index contributed by atoms with van der Waals surface area (Å²) in [6, 6.07) is 6.19. The summed E-state index contributed by atoms with van der Waals surface area (Å²) in [4.78, 5) is 22.0. The molecule has 0 radical (unpaired) electrons. The first-order valence-electron chi connectivity index (χ1n) is 4.69. The Kier molecular flexibility index (Phi) is 4.49. The molecule has 16 heavy (non-hydrogen) atoms. The standard InChI is InChI=1S/C11H11BrO4/c12-6-5-9(11(15)16)7-3-1-2-4-8(7)10(13)14/h1-4,9H,5-6H2,(H,13,14)(H,15,16). The molecule has 1 atom stereocenters. The summed E-state index contributed by atoms with van der Waals surface area (Å²) in [6.45, 7) is 0.